The third kappa shape index (κ3) is 3.15. The van der Waals surface area contributed by atoms with Gasteiger partial charge in [0.15, 0.2) is 5.58 Å². The molecule has 6 nitrogen and oxygen atoms in total. The molecule has 4 aromatic rings. The van der Waals surface area contributed by atoms with Crippen LogP contribution in [0.4, 0.5) is 6.01 Å². The Morgan fingerprint density at radius 3 is 2.88 bits per heavy atom. The minimum absolute atomic E-state index is 0.211. The molecule has 0 spiro atoms. The van der Waals surface area contributed by atoms with Gasteiger partial charge in [0, 0.05) is 13.1 Å². The lowest BCUT2D eigenvalue weighted by molar-refractivity contribution is -0.114. The molecule has 7 heteroatoms. The van der Waals surface area contributed by atoms with E-state index >= 15 is 0 Å². The number of hydrogen-bond donors (Lipinski definition) is 1. The number of halogens is 1. The number of amides is 1. The van der Waals surface area contributed by atoms with Gasteiger partial charge in [-0.15, -0.1) is 0 Å². The van der Waals surface area contributed by atoms with Crippen molar-refractivity contribution in [1.82, 2.24) is 14.4 Å². The maximum Gasteiger partial charge on any atom is 0.302 e. The Morgan fingerprint density at radius 1 is 1.23 bits per heavy atom. The topological polar surface area (TPSA) is 72.4 Å². The number of anilines is 1. The third-order valence-electron chi connectivity index (χ3n) is 4.18. The first-order chi connectivity index (χ1) is 12.5. The van der Waals surface area contributed by atoms with Crippen LogP contribution in [0.25, 0.3) is 16.7 Å². The summed E-state index contributed by atoms with van der Waals surface area (Å²) >= 11 is 6.45. The molecule has 0 radical (unpaired) electrons. The van der Waals surface area contributed by atoms with Crippen molar-refractivity contribution in [3.05, 3.63) is 58.5 Å². The fraction of sp³-hybridized carbons (Fsp3) is 0.211. The fourth-order valence-corrected chi connectivity index (χ4v) is 3.20. The molecule has 0 aliphatic carbocycles. The lowest BCUT2D eigenvalue weighted by Crippen LogP contribution is -2.05. The largest absolute Gasteiger partial charge is 0.423 e. The van der Waals surface area contributed by atoms with Gasteiger partial charge in [-0.1, -0.05) is 17.7 Å². The fourth-order valence-electron chi connectivity index (χ4n) is 2.92. The van der Waals surface area contributed by atoms with Crippen LogP contribution in [0, 0.1) is 6.92 Å². The summed E-state index contributed by atoms with van der Waals surface area (Å²) in [4.78, 5) is 20.0. The highest BCUT2D eigenvalue weighted by atomic mass is 35.5. The van der Waals surface area contributed by atoms with Gasteiger partial charge in [0.1, 0.15) is 16.3 Å². The lowest BCUT2D eigenvalue weighted by atomic mass is 10.1. The van der Waals surface area contributed by atoms with E-state index in [0.717, 1.165) is 35.3 Å². The number of nitrogens with one attached hydrogen (secondary N) is 1. The minimum Gasteiger partial charge on any atom is -0.423 e. The van der Waals surface area contributed by atoms with E-state index in [-0.39, 0.29) is 11.9 Å². The molecule has 0 fully saturated rings. The highest BCUT2D eigenvalue weighted by Gasteiger charge is 2.12. The Labute approximate surface area is 154 Å². The molecule has 0 saturated heterocycles. The number of benzene rings is 1. The highest BCUT2D eigenvalue weighted by molar-refractivity contribution is 6.30. The monoisotopic (exact) mass is 368 g/mol. The smallest absolute Gasteiger partial charge is 0.302 e. The quantitative estimate of drug-likeness (QED) is 0.586. The molecule has 1 amide bonds. The van der Waals surface area contributed by atoms with Gasteiger partial charge in [-0.05, 0) is 55.2 Å². The number of carbonyl (C=O) groups excluding carboxylic acids is 1. The summed E-state index contributed by atoms with van der Waals surface area (Å²) in [6.07, 6.45) is 3.43. The van der Waals surface area contributed by atoms with Gasteiger partial charge in [0.25, 0.3) is 0 Å². The Morgan fingerprint density at radius 2 is 2.08 bits per heavy atom. The Hall–Kier alpha value is -2.86. The average Bonchev–Trinajstić information content (AvgIpc) is 3.12. The van der Waals surface area contributed by atoms with Crippen molar-refractivity contribution in [3.8, 4) is 0 Å². The minimum atomic E-state index is -0.214. The summed E-state index contributed by atoms with van der Waals surface area (Å²) in [6, 6.07) is 10.0. The zero-order valence-electron chi connectivity index (χ0n) is 14.4. The molecule has 26 heavy (non-hydrogen) atoms. The zero-order valence-corrected chi connectivity index (χ0v) is 15.2. The number of pyridine rings is 1. The van der Waals surface area contributed by atoms with E-state index in [4.69, 9.17) is 16.0 Å². The SMILES string of the molecule is CC(=O)Nc1nc2ccc(CCc3nc4cc(C)ccn4c3Cl)cc2o1. The van der Waals surface area contributed by atoms with Crippen molar-refractivity contribution < 1.29 is 9.21 Å². The van der Waals surface area contributed by atoms with Gasteiger partial charge in [-0.25, -0.2) is 4.98 Å². The maximum atomic E-state index is 11.1. The van der Waals surface area contributed by atoms with Crippen LogP contribution in [0.2, 0.25) is 5.15 Å². The summed E-state index contributed by atoms with van der Waals surface area (Å²) < 4.78 is 7.46. The summed E-state index contributed by atoms with van der Waals surface area (Å²) in [5.74, 6) is -0.214. The number of nitrogens with zero attached hydrogens (tertiary/aromatic N) is 3. The van der Waals surface area contributed by atoms with Gasteiger partial charge in [-0.3, -0.25) is 14.5 Å². The van der Waals surface area contributed by atoms with Crippen LogP contribution in [0.3, 0.4) is 0 Å². The third-order valence-corrected chi connectivity index (χ3v) is 4.58. The maximum absolute atomic E-state index is 11.1. The molecule has 0 unspecified atom stereocenters. The molecule has 0 saturated carbocycles. The van der Waals surface area contributed by atoms with E-state index in [0.29, 0.717) is 16.3 Å². The number of imidazole rings is 1. The van der Waals surface area contributed by atoms with E-state index < -0.39 is 0 Å². The average molecular weight is 369 g/mol. The number of oxazole rings is 1. The Bertz CT molecular complexity index is 1130. The first-order valence-corrected chi connectivity index (χ1v) is 8.67. The van der Waals surface area contributed by atoms with Gasteiger partial charge in [0.05, 0.1) is 5.69 Å². The van der Waals surface area contributed by atoms with Gasteiger partial charge >= 0.3 is 6.01 Å². The molecule has 3 aromatic heterocycles. The first-order valence-electron chi connectivity index (χ1n) is 8.30. The van der Waals surface area contributed by atoms with Gasteiger partial charge in [0.2, 0.25) is 5.91 Å². The lowest BCUT2D eigenvalue weighted by Gasteiger charge is -2.00. The standard InChI is InChI=1S/C19H17ClN4O2/c1-11-7-8-24-17(9-11)22-15(18(24)20)6-4-13-3-5-14-16(10-13)26-19(23-14)21-12(2)25/h3,5,7-10H,4,6H2,1-2H3,(H,21,23,25). The van der Waals surface area contributed by atoms with Crippen LogP contribution in [0.1, 0.15) is 23.7 Å². The van der Waals surface area contributed by atoms with E-state index in [1.807, 2.05) is 47.9 Å². The summed E-state index contributed by atoms with van der Waals surface area (Å²) in [5.41, 5.74) is 5.31. The number of fused-ring (bicyclic) bond motifs is 2. The summed E-state index contributed by atoms with van der Waals surface area (Å²) in [7, 11) is 0. The van der Waals surface area contributed by atoms with Crippen LogP contribution < -0.4 is 5.32 Å². The first kappa shape index (κ1) is 16.6. The molecular weight excluding hydrogens is 352 g/mol. The van der Waals surface area contributed by atoms with Crippen molar-refractivity contribution in [2.45, 2.75) is 26.7 Å². The van der Waals surface area contributed by atoms with E-state index in [1.54, 1.807) is 0 Å². The van der Waals surface area contributed by atoms with Crippen LogP contribution in [-0.4, -0.2) is 20.3 Å². The Balaban J connectivity index is 1.56. The molecule has 3 heterocycles. The Kier molecular flexibility index (Phi) is 4.12. The molecule has 0 aliphatic heterocycles. The van der Waals surface area contributed by atoms with Crippen molar-refractivity contribution in [3.63, 3.8) is 0 Å². The predicted octanol–water partition coefficient (Wildman–Crippen LogP) is 4.18. The number of aromatic nitrogens is 3. The summed E-state index contributed by atoms with van der Waals surface area (Å²) in [5, 5.41) is 3.20. The molecule has 0 atom stereocenters. The van der Waals surface area contributed by atoms with Crippen molar-refractivity contribution in [1.29, 1.82) is 0 Å². The van der Waals surface area contributed by atoms with Crippen LogP contribution in [-0.2, 0) is 17.6 Å². The van der Waals surface area contributed by atoms with Crippen LogP contribution in [0.5, 0.6) is 0 Å². The summed E-state index contributed by atoms with van der Waals surface area (Å²) in [6.45, 7) is 3.45. The number of carbonyl (C=O) groups is 1. The van der Waals surface area contributed by atoms with Gasteiger partial charge in [-0.2, -0.15) is 4.98 Å². The second kappa shape index (κ2) is 6.46. The van der Waals surface area contributed by atoms with Crippen molar-refractivity contribution >= 4 is 40.3 Å². The molecule has 132 valence electrons. The highest BCUT2D eigenvalue weighted by Crippen LogP contribution is 2.23. The second-order valence-electron chi connectivity index (χ2n) is 6.28. The number of hydrogen-bond acceptors (Lipinski definition) is 4. The predicted molar refractivity (Wildman–Crippen MR) is 101 cm³/mol. The van der Waals surface area contributed by atoms with Crippen LogP contribution in [0.15, 0.2) is 40.9 Å². The van der Waals surface area contributed by atoms with E-state index in [2.05, 4.69) is 15.3 Å². The van der Waals surface area contributed by atoms with Gasteiger partial charge < -0.3 is 4.42 Å². The molecule has 1 N–H and O–H groups in total. The van der Waals surface area contributed by atoms with Crippen molar-refractivity contribution in [2.75, 3.05) is 5.32 Å². The molecular formula is C19H17ClN4O2. The molecule has 1 aromatic carbocycles. The van der Waals surface area contributed by atoms with E-state index in [1.165, 1.54) is 6.92 Å². The number of rotatable bonds is 4. The van der Waals surface area contributed by atoms with Crippen molar-refractivity contribution in [2.24, 2.45) is 0 Å². The molecule has 0 bridgehead atoms. The zero-order chi connectivity index (χ0) is 18.3. The second-order valence-corrected chi connectivity index (χ2v) is 6.64. The molecule has 4 rings (SSSR count). The molecule has 0 aliphatic rings. The number of aryl methyl sites for hydroxylation is 3. The normalized spacial score (nSPS) is 11.3. The van der Waals surface area contributed by atoms with Crippen LogP contribution >= 0.6 is 11.6 Å². The van der Waals surface area contributed by atoms with E-state index in [9.17, 15) is 4.79 Å².